The van der Waals surface area contributed by atoms with Crippen LogP contribution in [-0.4, -0.2) is 89.7 Å². The van der Waals surface area contributed by atoms with Crippen LogP contribution in [0.15, 0.2) is 42.5 Å². The summed E-state index contributed by atoms with van der Waals surface area (Å²) in [6, 6.07) is 10.9. The number of hydrogen-bond donors (Lipinski definition) is 1. The summed E-state index contributed by atoms with van der Waals surface area (Å²) >= 11 is 13.1. The Kier molecular flexibility index (Phi) is 8.98. The first kappa shape index (κ1) is 34.2. The van der Waals surface area contributed by atoms with Crippen molar-refractivity contribution in [3.63, 3.8) is 0 Å². The number of morpholine rings is 1. The van der Waals surface area contributed by atoms with E-state index >= 15 is 4.39 Å². The molecule has 4 aliphatic rings. The van der Waals surface area contributed by atoms with Crippen LogP contribution in [0.25, 0.3) is 11.1 Å². The summed E-state index contributed by atoms with van der Waals surface area (Å²) in [4.78, 5) is 43.2. The Bertz CT molecular complexity index is 1840. The number of carboxylic acids is 1. The molecule has 14 heteroatoms. The van der Waals surface area contributed by atoms with Crippen LogP contribution in [0.5, 0.6) is 11.5 Å². The van der Waals surface area contributed by atoms with Crippen LogP contribution in [0.3, 0.4) is 0 Å². The fraction of sp³-hybridized carbons (Fsp3) is 0.417. The third-order valence-corrected chi connectivity index (χ3v) is 9.86. The van der Waals surface area contributed by atoms with E-state index in [9.17, 15) is 19.5 Å². The summed E-state index contributed by atoms with van der Waals surface area (Å²) in [5, 5.41) is 10.2. The molecule has 2 unspecified atom stereocenters. The highest BCUT2D eigenvalue weighted by Gasteiger charge is 2.40. The fourth-order valence-corrected chi connectivity index (χ4v) is 7.58. The van der Waals surface area contributed by atoms with Gasteiger partial charge in [-0.15, -0.1) is 0 Å². The van der Waals surface area contributed by atoms with Crippen molar-refractivity contribution in [3.8, 4) is 22.6 Å². The first-order chi connectivity index (χ1) is 23.8. The van der Waals surface area contributed by atoms with Crippen molar-refractivity contribution in [2.75, 3.05) is 37.9 Å². The lowest BCUT2D eigenvalue weighted by Gasteiger charge is -2.39. The van der Waals surface area contributed by atoms with E-state index in [1.807, 2.05) is 0 Å². The van der Waals surface area contributed by atoms with Crippen LogP contribution >= 0.6 is 23.2 Å². The molecule has 0 aliphatic carbocycles. The molecule has 7 rings (SSSR count). The number of aromatic carboxylic acids is 1. The van der Waals surface area contributed by atoms with Gasteiger partial charge in [0.05, 0.1) is 71.8 Å². The fourth-order valence-electron chi connectivity index (χ4n) is 6.95. The summed E-state index contributed by atoms with van der Waals surface area (Å²) in [6.45, 7) is 7.00. The molecule has 2 amide bonds. The molecule has 2 bridgehead atoms. The van der Waals surface area contributed by atoms with Crippen molar-refractivity contribution in [1.82, 2.24) is 9.80 Å². The van der Waals surface area contributed by atoms with Gasteiger partial charge in [0, 0.05) is 16.7 Å². The van der Waals surface area contributed by atoms with Gasteiger partial charge in [-0.25, -0.2) is 14.0 Å². The lowest BCUT2D eigenvalue weighted by molar-refractivity contribution is -0.0221. The number of carbonyl (C=O) groups excluding carboxylic acids is 2. The van der Waals surface area contributed by atoms with Gasteiger partial charge in [0.25, 0.3) is 5.91 Å². The molecular weight excluding hydrogens is 692 g/mol. The molecule has 2 atom stereocenters. The smallest absolute Gasteiger partial charge is 0.410 e. The molecule has 3 saturated heterocycles. The molecule has 11 nitrogen and oxygen atoms in total. The topological polar surface area (TPSA) is 118 Å². The number of para-hydroxylation sites is 1. The summed E-state index contributed by atoms with van der Waals surface area (Å²) in [5.74, 6) is -1.61. The predicted molar refractivity (Wildman–Crippen MR) is 183 cm³/mol. The van der Waals surface area contributed by atoms with Gasteiger partial charge in [0.1, 0.15) is 29.0 Å². The number of carboxylic acid groups (broad SMARTS) is 1. The zero-order chi connectivity index (χ0) is 35.5. The Labute approximate surface area is 298 Å². The number of fused-ring (bicyclic) bond motifs is 3. The van der Waals surface area contributed by atoms with Crippen molar-refractivity contribution in [2.45, 2.75) is 63.9 Å². The van der Waals surface area contributed by atoms with E-state index < -0.39 is 29.4 Å². The van der Waals surface area contributed by atoms with E-state index in [2.05, 4.69) is 4.90 Å². The number of benzene rings is 3. The van der Waals surface area contributed by atoms with Crippen molar-refractivity contribution in [2.24, 2.45) is 0 Å². The minimum Gasteiger partial charge on any atom is -0.487 e. The Balaban J connectivity index is 1.08. The second-order valence-corrected chi connectivity index (χ2v) is 14.8. The maximum Gasteiger partial charge on any atom is 0.410 e. The molecule has 0 saturated carbocycles. The zero-order valence-electron chi connectivity index (χ0n) is 27.7. The average Bonchev–Trinajstić information content (AvgIpc) is 3.27. The molecule has 3 fully saturated rings. The number of halogens is 3. The number of amides is 2. The number of likely N-dealkylation sites (tertiary alicyclic amines) is 1. The van der Waals surface area contributed by atoms with Crippen molar-refractivity contribution in [1.29, 1.82) is 0 Å². The van der Waals surface area contributed by atoms with Gasteiger partial charge in [0.15, 0.2) is 6.73 Å². The molecule has 264 valence electrons. The molecule has 3 aromatic carbocycles. The molecule has 0 aromatic heterocycles. The summed E-state index contributed by atoms with van der Waals surface area (Å²) in [7, 11) is 0. The minimum atomic E-state index is -1.21. The third kappa shape index (κ3) is 6.52. The van der Waals surface area contributed by atoms with Gasteiger partial charge in [-0.3, -0.25) is 4.79 Å². The molecule has 50 heavy (non-hydrogen) atoms. The van der Waals surface area contributed by atoms with Gasteiger partial charge in [-0.1, -0.05) is 41.4 Å². The summed E-state index contributed by atoms with van der Waals surface area (Å²) in [5.41, 5.74) is 1.10. The number of anilines is 1. The number of carbonyl (C=O) groups is 3. The highest BCUT2D eigenvalue weighted by atomic mass is 35.5. The van der Waals surface area contributed by atoms with Crippen molar-refractivity contribution < 1.29 is 42.8 Å². The average molecular weight is 729 g/mol. The van der Waals surface area contributed by atoms with Crippen LogP contribution in [0.4, 0.5) is 14.9 Å². The highest BCUT2D eigenvalue weighted by molar-refractivity contribution is 6.39. The van der Waals surface area contributed by atoms with E-state index in [4.69, 9.17) is 42.1 Å². The number of rotatable bonds is 6. The first-order valence-corrected chi connectivity index (χ1v) is 17.1. The zero-order valence-corrected chi connectivity index (χ0v) is 29.2. The lowest BCUT2D eigenvalue weighted by atomic mass is 9.96. The second-order valence-electron chi connectivity index (χ2n) is 13.9. The van der Waals surface area contributed by atoms with Crippen molar-refractivity contribution in [3.05, 3.63) is 75.0 Å². The van der Waals surface area contributed by atoms with E-state index in [0.717, 1.165) is 18.9 Å². The summed E-state index contributed by atoms with van der Waals surface area (Å²) < 4.78 is 38.8. The normalized spacial score (nSPS) is 20.2. The molecule has 1 N–H and O–H groups in total. The maximum atomic E-state index is 15.7. The molecule has 0 radical (unpaired) electrons. The Morgan fingerprint density at radius 3 is 2.28 bits per heavy atom. The standard InChI is InChI=1S/C36H36Cl2FN3O8/c1-36(2,3)50-35(46)40-14-23(15-40)49-22-9-27(37)31(28(38)10-22)33(43)41-13-19-5-4-6-24(32(19)48-18-41)25-12-30(26(34(44)45)11-29(25)39)42-20-7-8-21(42)17-47-16-20/h4-6,9-12,20-21,23H,7-8,13-18H2,1-3H3,(H,44,45). The minimum absolute atomic E-state index is 0.0117. The third-order valence-electron chi connectivity index (χ3n) is 9.27. The number of hydrogen-bond acceptors (Lipinski definition) is 8. The van der Waals surface area contributed by atoms with Crippen molar-refractivity contribution >= 4 is 46.9 Å². The largest absolute Gasteiger partial charge is 0.487 e. The molecule has 3 aromatic rings. The lowest BCUT2D eigenvalue weighted by Crippen LogP contribution is -2.57. The molecule has 4 heterocycles. The highest BCUT2D eigenvalue weighted by Crippen LogP contribution is 2.43. The van der Waals surface area contributed by atoms with Crippen LogP contribution in [-0.2, 0) is 16.0 Å². The van der Waals surface area contributed by atoms with Crippen LogP contribution in [0, 0.1) is 5.82 Å². The quantitative estimate of drug-likeness (QED) is 0.291. The Morgan fingerprint density at radius 2 is 1.64 bits per heavy atom. The van der Waals surface area contributed by atoms with E-state index in [-0.39, 0.29) is 58.2 Å². The van der Waals surface area contributed by atoms with Crippen LogP contribution in [0.2, 0.25) is 10.0 Å². The molecule has 4 aliphatic heterocycles. The monoisotopic (exact) mass is 727 g/mol. The van der Waals surface area contributed by atoms with E-state index in [0.29, 0.717) is 54.6 Å². The molecular formula is C36H36Cl2FN3O8. The van der Waals surface area contributed by atoms with Gasteiger partial charge < -0.3 is 38.8 Å². The predicted octanol–water partition coefficient (Wildman–Crippen LogP) is 6.86. The van der Waals surface area contributed by atoms with Gasteiger partial charge in [-0.05, 0) is 57.9 Å². The first-order valence-electron chi connectivity index (χ1n) is 16.4. The van der Waals surface area contributed by atoms with E-state index in [1.54, 1.807) is 45.0 Å². The number of nitrogens with zero attached hydrogens (tertiary/aromatic N) is 3. The second kappa shape index (κ2) is 13.1. The SMILES string of the molecule is CC(C)(C)OC(=O)N1CC(Oc2cc(Cl)c(C(=O)N3COc4c(cccc4-c4cc(N5C6CCC5COC6)c(C(=O)O)cc4F)C3)c(Cl)c2)C1. The van der Waals surface area contributed by atoms with Gasteiger partial charge in [0.2, 0.25) is 0 Å². The summed E-state index contributed by atoms with van der Waals surface area (Å²) in [6.07, 6.45) is 1.02. The Hall–Kier alpha value is -4.26. The molecule has 0 spiro atoms. The Morgan fingerprint density at radius 1 is 0.960 bits per heavy atom. The van der Waals surface area contributed by atoms with Crippen LogP contribution < -0.4 is 14.4 Å². The van der Waals surface area contributed by atoms with Crippen LogP contribution in [0.1, 0.15) is 59.9 Å². The van der Waals surface area contributed by atoms with Gasteiger partial charge >= 0.3 is 12.1 Å². The van der Waals surface area contributed by atoms with E-state index in [1.165, 1.54) is 21.9 Å². The number of ether oxygens (including phenoxy) is 4. The van der Waals surface area contributed by atoms with Gasteiger partial charge in [-0.2, -0.15) is 0 Å². The maximum absolute atomic E-state index is 15.7.